The maximum absolute atomic E-state index is 11.3. The molecule has 0 bridgehead atoms. The van der Waals surface area contributed by atoms with Crippen molar-refractivity contribution in [3.8, 4) is 0 Å². The normalized spacial score (nSPS) is 16.4. The van der Waals surface area contributed by atoms with Gasteiger partial charge in [0.05, 0.1) is 6.04 Å². The summed E-state index contributed by atoms with van der Waals surface area (Å²) in [5.41, 5.74) is 3.39. The SMILES string of the molecule is Cc1c(C2(O)CN(C(c3ccccc3)c3ccccc3)C2)oc2ccccc12. The van der Waals surface area contributed by atoms with Crippen LogP contribution in [0.5, 0.6) is 0 Å². The molecule has 3 aromatic carbocycles. The quantitative estimate of drug-likeness (QED) is 0.548. The fourth-order valence-corrected chi connectivity index (χ4v) is 4.45. The molecule has 0 atom stereocenters. The number of hydrogen-bond donors (Lipinski definition) is 1. The smallest absolute Gasteiger partial charge is 0.148 e. The Morgan fingerprint density at radius 3 is 1.93 bits per heavy atom. The van der Waals surface area contributed by atoms with Gasteiger partial charge >= 0.3 is 0 Å². The Labute approximate surface area is 164 Å². The Hall–Kier alpha value is -2.88. The van der Waals surface area contributed by atoms with Gasteiger partial charge in [-0.2, -0.15) is 0 Å². The zero-order valence-corrected chi connectivity index (χ0v) is 15.9. The molecule has 3 heteroatoms. The molecule has 0 saturated carbocycles. The van der Waals surface area contributed by atoms with Crippen LogP contribution in [0.3, 0.4) is 0 Å². The van der Waals surface area contributed by atoms with E-state index in [0.717, 1.165) is 16.5 Å². The van der Waals surface area contributed by atoms with Gasteiger partial charge in [-0.25, -0.2) is 0 Å². The standard InChI is InChI=1S/C25H23NO2/c1-18-21-14-8-9-15-22(21)28-24(18)25(27)16-26(17-25)23(19-10-4-2-5-11-19)20-12-6-3-7-13-20/h2-15,23,27H,16-17H2,1H3. The average molecular weight is 369 g/mol. The molecule has 0 aliphatic carbocycles. The first-order valence-corrected chi connectivity index (χ1v) is 9.71. The van der Waals surface area contributed by atoms with Gasteiger partial charge in [0.25, 0.3) is 0 Å². The molecule has 3 nitrogen and oxygen atoms in total. The summed E-state index contributed by atoms with van der Waals surface area (Å²) in [5.74, 6) is 0.699. The fraction of sp³-hybridized carbons (Fsp3) is 0.200. The lowest BCUT2D eigenvalue weighted by Gasteiger charge is -2.49. The number of furan rings is 1. The number of rotatable bonds is 4. The lowest BCUT2D eigenvalue weighted by atomic mass is 9.84. The fourth-order valence-electron chi connectivity index (χ4n) is 4.45. The molecule has 4 aromatic rings. The van der Waals surface area contributed by atoms with Crippen molar-refractivity contribution < 1.29 is 9.52 Å². The molecule has 0 unspecified atom stereocenters. The van der Waals surface area contributed by atoms with E-state index < -0.39 is 5.60 Å². The Bertz CT molecular complexity index is 1060. The Kier molecular flexibility index (Phi) is 4.08. The molecule has 28 heavy (non-hydrogen) atoms. The first kappa shape index (κ1) is 17.2. The molecule has 1 aliphatic heterocycles. The van der Waals surface area contributed by atoms with Gasteiger partial charge in [0.2, 0.25) is 0 Å². The van der Waals surface area contributed by atoms with Crippen LogP contribution in [0.15, 0.2) is 89.3 Å². The van der Waals surface area contributed by atoms with E-state index in [4.69, 9.17) is 4.42 Å². The number of aryl methyl sites for hydroxylation is 1. The highest BCUT2D eigenvalue weighted by atomic mass is 16.4. The van der Waals surface area contributed by atoms with Crippen molar-refractivity contribution in [2.75, 3.05) is 13.1 Å². The summed E-state index contributed by atoms with van der Waals surface area (Å²) in [6.07, 6.45) is 0. The van der Waals surface area contributed by atoms with Crippen molar-refractivity contribution in [1.82, 2.24) is 4.90 Å². The minimum atomic E-state index is -0.953. The summed E-state index contributed by atoms with van der Waals surface area (Å²) in [7, 11) is 0. The largest absolute Gasteiger partial charge is 0.458 e. The van der Waals surface area contributed by atoms with Crippen LogP contribution in [0.2, 0.25) is 0 Å². The van der Waals surface area contributed by atoms with Crippen LogP contribution < -0.4 is 0 Å². The number of para-hydroxylation sites is 1. The Morgan fingerprint density at radius 1 is 0.821 bits per heavy atom. The van der Waals surface area contributed by atoms with Gasteiger partial charge in [0, 0.05) is 24.0 Å². The van der Waals surface area contributed by atoms with E-state index in [1.165, 1.54) is 11.1 Å². The van der Waals surface area contributed by atoms with Crippen LogP contribution in [0.4, 0.5) is 0 Å². The van der Waals surface area contributed by atoms with Crippen molar-refractivity contribution in [1.29, 1.82) is 0 Å². The van der Waals surface area contributed by atoms with Crippen LogP contribution >= 0.6 is 0 Å². The van der Waals surface area contributed by atoms with Crippen LogP contribution in [0.25, 0.3) is 11.0 Å². The summed E-state index contributed by atoms with van der Waals surface area (Å²) in [4.78, 5) is 2.32. The zero-order valence-electron chi connectivity index (χ0n) is 15.9. The van der Waals surface area contributed by atoms with E-state index >= 15 is 0 Å². The number of nitrogens with zero attached hydrogens (tertiary/aromatic N) is 1. The number of likely N-dealkylation sites (tertiary alicyclic amines) is 1. The van der Waals surface area contributed by atoms with Gasteiger partial charge in [-0.05, 0) is 24.1 Å². The van der Waals surface area contributed by atoms with E-state index in [2.05, 4.69) is 53.4 Å². The number of hydrogen-bond acceptors (Lipinski definition) is 3. The predicted octanol–water partition coefficient (Wildman–Crippen LogP) is 5.03. The maximum atomic E-state index is 11.3. The Morgan fingerprint density at radius 2 is 1.36 bits per heavy atom. The molecule has 1 fully saturated rings. The molecule has 140 valence electrons. The first-order chi connectivity index (χ1) is 13.7. The second-order valence-corrected chi connectivity index (χ2v) is 7.71. The number of β-amino-alcohol motifs (C(OH)–C–C–N with tert-alkyl or cyclic N) is 1. The summed E-state index contributed by atoms with van der Waals surface area (Å²) >= 11 is 0. The minimum absolute atomic E-state index is 0.118. The zero-order chi connectivity index (χ0) is 19.1. The summed E-state index contributed by atoms with van der Waals surface area (Å²) < 4.78 is 6.07. The molecule has 0 radical (unpaired) electrons. The van der Waals surface area contributed by atoms with Crippen molar-refractivity contribution in [2.24, 2.45) is 0 Å². The summed E-state index contributed by atoms with van der Waals surface area (Å²) in [6.45, 7) is 3.12. The van der Waals surface area contributed by atoms with E-state index in [9.17, 15) is 5.11 Å². The molecule has 2 heterocycles. The van der Waals surface area contributed by atoms with Gasteiger partial charge < -0.3 is 9.52 Å². The summed E-state index contributed by atoms with van der Waals surface area (Å²) in [6, 6.07) is 29.1. The predicted molar refractivity (Wildman–Crippen MR) is 111 cm³/mol. The molecule has 5 rings (SSSR count). The van der Waals surface area contributed by atoms with E-state index in [0.29, 0.717) is 18.8 Å². The monoisotopic (exact) mass is 369 g/mol. The molecule has 1 saturated heterocycles. The second-order valence-electron chi connectivity index (χ2n) is 7.71. The molecule has 1 aromatic heterocycles. The minimum Gasteiger partial charge on any atom is -0.458 e. The van der Waals surface area contributed by atoms with Crippen LogP contribution in [0.1, 0.15) is 28.5 Å². The highest BCUT2D eigenvalue weighted by molar-refractivity contribution is 5.82. The highest BCUT2D eigenvalue weighted by Crippen LogP contribution is 2.43. The third-order valence-electron chi connectivity index (χ3n) is 5.79. The van der Waals surface area contributed by atoms with Crippen molar-refractivity contribution in [2.45, 2.75) is 18.6 Å². The Balaban J connectivity index is 1.48. The third kappa shape index (κ3) is 2.75. The number of aliphatic hydroxyl groups is 1. The molecule has 0 spiro atoms. The molecule has 1 aliphatic rings. The number of fused-ring (bicyclic) bond motifs is 1. The van der Waals surface area contributed by atoms with Gasteiger partial charge in [-0.1, -0.05) is 78.9 Å². The van der Waals surface area contributed by atoms with Gasteiger partial charge in [0.15, 0.2) is 0 Å². The van der Waals surface area contributed by atoms with Crippen LogP contribution in [-0.2, 0) is 5.60 Å². The van der Waals surface area contributed by atoms with Crippen LogP contribution in [-0.4, -0.2) is 23.1 Å². The van der Waals surface area contributed by atoms with Crippen molar-refractivity contribution in [3.63, 3.8) is 0 Å². The van der Waals surface area contributed by atoms with Gasteiger partial charge in [0.1, 0.15) is 16.9 Å². The molecule has 1 N–H and O–H groups in total. The second kappa shape index (κ2) is 6.62. The lowest BCUT2D eigenvalue weighted by Crippen LogP contribution is -2.60. The first-order valence-electron chi connectivity index (χ1n) is 9.71. The molecular weight excluding hydrogens is 346 g/mol. The van der Waals surface area contributed by atoms with Crippen molar-refractivity contribution >= 4 is 11.0 Å². The van der Waals surface area contributed by atoms with Gasteiger partial charge in [-0.3, -0.25) is 4.90 Å². The highest BCUT2D eigenvalue weighted by Gasteiger charge is 2.49. The lowest BCUT2D eigenvalue weighted by molar-refractivity contribution is -0.128. The maximum Gasteiger partial charge on any atom is 0.148 e. The van der Waals surface area contributed by atoms with E-state index in [1.807, 2.05) is 43.3 Å². The van der Waals surface area contributed by atoms with E-state index in [1.54, 1.807) is 0 Å². The summed E-state index contributed by atoms with van der Waals surface area (Å²) in [5, 5.41) is 12.4. The molecular formula is C25H23NO2. The van der Waals surface area contributed by atoms with Crippen LogP contribution in [0, 0.1) is 6.92 Å². The molecule has 0 amide bonds. The van der Waals surface area contributed by atoms with E-state index in [-0.39, 0.29) is 6.04 Å². The van der Waals surface area contributed by atoms with Gasteiger partial charge in [-0.15, -0.1) is 0 Å². The third-order valence-corrected chi connectivity index (χ3v) is 5.79. The average Bonchev–Trinajstić information content (AvgIpc) is 3.06. The topological polar surface area (TPSA) is 36.6 Å². The van der Waals surface area contributed by atoms with Crippen molar-refractivity contribution in [3.05, 3.63) is 107 Å². The number of benzene rings is 3.